The van der Waals surface area contributed by atoms with Crippen LogP contribution in [0.2, 0.25) is 0 Å². The molecule has 1 heterocycles. The van der Waals surface area contributed by atoms with E-state index in [4.69, 9.17) is 4.74 Å². The van der Waals surface area contributed by atoms with E-state index in [1.54, 1.807) is 0 Å². The lowest BCUT2D eigenvalue weighted by molar-refractivity contribution is 0.294. The average Bonchev–Trinajstić information content (AvgIpc) is 3.19. The first-order valence-electron chi connectivity index (χ1n) is 10.4. The van der Waals surface area contributed by atoms with Crippen LogP contribution in [0.15, 0.2) is 41.4 Å². The van der Waals surface area contributed by atoms with E-state index in [1.807, 2.05) is 6.21 Å². The van der Waals surface area contributed by atoms with Crippen molar-refractivity contribution in [3.05, 3.63) is 47.5 Å². The van der Waals surface area contributed by atoms with Crippen LogP contribution in [0.3, 0.4) is 0 Å². The number of nitrogens with zero attached hydrogens (tertiary/aromatic N) is 1. The van der Waals surface area contributed by atoms with E-state index >= 15 is 0 Å². The molecule has 142 valence electrons. The van der Waals surface area contributed by atoms with Gasteiger partial charge in [0.1, 0.15) is 12.4 Å². The Morgan fingerprint density at radius 1 is 1.04 bits per heavy atom. The number of fused-ring (bicyclic) bond motifs is 1. The van der Waals surface area contributed by atoms with Crippen LogP contribution in [0, 0.1) is 12.8 Å². The quantitative estimate of drug-likeness (QED) is 0.663. The monoisotopic (exact) mass is 362 g/mol. The Morgan fingerprint density at radius 3 is 2.67 bits per heavy atom. The smallest absolute Gasteiger partial charge is 0.119 e. The van der Waals surface area contributed by atoms with Crippen LogP contribution in [-0.2, 0) is 6.42 Å². The molecule has 3 nitrogen and oxygen atoms in total. The van der Waals surface area contributed by atoms with Crippen LogP contribution in [0.5, 0.6) is 5.75 Å². The molecule has 0 saturated heterocycles. The second-order valence-corrected chi connectivity index (χ2v) is 7.83. The van der Waals surface area contributed by atoms with Crippen LogP contribution in [0.25, 0.3) is 11.1 Å². The fraction of sp³-hybridized carbons (Fsp3) is 0.458. The Labute approximate surface area is 162 Å². The van der Waals surface area contributed by atoms with Crippen molar-refractivity contribution in [2.45, 2.75) is 45.4 Å². The minimum Gasteiger partial charge on any atom is -0.492 e. The van der Waals surface area contributed by atoms with E-state index < -0.39 is 0 Å². The Hall–Kier alpha value is -2.13. The first kappa shape index (κ1) is 18.2. The fourth-order valence-electron chi connectivity index (χ4n) is 4.34. The standard InChI is InChI=1S/C24H30N2O/c1-18-22(11-12-24-23(18)13-14-26-24)20-7-9-21(10-8-20)27-16-15-25-17-19-5-3-2-4-6-19/h7-12,14,19,25H,2-6,13,15-17H2,1H3. The van der Waals surface area contributed by atoms with E-state index in [9.17, 15) is 0 Å². The van der Waals surface area contributed by atoms with Gasteiger partial charge in [0.15, 0.2) is 0 Å². The van der Waals surface area contributed by atoms with Crippen molar-refractivity contribution in [3.8, 4) is 16.9 Å². The molecule has 1 N–H and O–H groups in total. The zero-order chi connectivity index (χ0) is 18.5. The molecule has 0 aromatic heterocycles. The van der Waals surface area contributed by atoms with Gasteiger partial charge in [0.2, 0.25) is 0 Å². The lowest BCUT2D eigenvalue weighted by Crippen LogP contribution is -2.28. The summed E-state index contributed by atoms with van der Waals surface area (Å²) in [5.74, 6) is 1.82. The van der Waals surface area contributed by atoms with Crippen molar-refractivity contribution in [1.82, 2.24) is 5.32 Å². The van der Waals surface area contributed by atoms with Crippen LogP contribution in [0.4, 0.5) is 5.69 Å². The third-order valence-electron chi connectivity index (χ3n) is 5.97. The molecule has 1 aliphatic carbocycles. The highest BCUT2D eigenvalue weighted by Crippen LogP contribution is 2.34. The first-order valence-corrected chi connectivity index (χ1v) is 10.4. The van der Waals surface area contributed by atoms with E-state index in [0.29, 0.717) is 0 Å². The predicted octanol–water partition coefficient (Wildman–Crippen LogP) is 5.47. The Kier molecular flexibility index (Phi) is 5.88. The SMILES string of the molecule is Cc1c(-c2ccc(OCCNCC3CCCCC3)cc2)ccc2c1CC=N2. The molecule has 0 amide bonds. The van der Waals surface area contributed by atoms with Crippen molar-refractivity contribution in [3.63, 3.8) is 0 Å². The maximum Gasteiger partial charge on any atom is 0.119 e. The second-order valence-electron chi connectivity index (χ2n) is 7.83. The summed E-state index contributed by atoms with van der Waals surface area (Å²) in [5.41, 5.74) is 6.35. The molecular weight excluding hydrogens is 332 g/mol. The molecule has 2 aliphatic rings. The van der Waals surface area contributed by atoms with Crippen molar-refractivity contribution in [2.24, 2.45) is 10.9 Å². The fourth-order valence-corrected chi connectivity index (χ4v) is 4.34. The molecule has 27 heavy (non-hydrogen) atoms. The highest BCUT2D eigenvalue weighted by Gasteiger charge is 2.14. The van der Waals surface area contributed by atoms with Crippen molar-refractivity contribution in [1.29, 1.82) is 0 Å². The number of hydrogen-bond acceptors (Lipinski definition) is 3. The molecule has 4 rings (SSSR count). The molecule has 0 spiro atoms. The Balaban J connectivity index is 1.27. The van der Waals surface area contributed by atoms with Gasteiger partial charge in [0, 0.05) is 19.2 Å². The minimum atomic E-state index is 0.723. The lowest BCUT2D eigenvalue weighted by Gasteiger charge is -2.21. The van der Waals surface area contributed by atoms with E-state index in [2.05, 4.69) is 53.6 Å². The molecule has 0 radical (unpaired) electrons. The molecule has 1 aliphatic heterocycles. The number of nitrogens with one attached hydrogen (secondary N) is 1. The molecule has 2 aromatic rings. The van der Waals surface area contributed by atoms with Crippen molar-refractivity contribution in [2.75, 3.05) is 19.7 Å². The summed E-state index contributed by atoms with van der Waals surface area (Å²) in [6, 6.07) is 12.8. The van der Waals surface area contributed by atoms with Crippen LogP contribution >= 0.6 is 0 Å². The van der Waals surface area contributed by atoms with Crippen LogP contribution in [0.1, 0.15) is 43.2 Å². The van der Waals surface area contributed by atoms with Crippen LogP contribution < -0.4 is 10.1 Å². The Morgan fingerprint density at radius 2 is 1.85 bits per heavy atom. The van der Waals surface area contributed by atoms with Gasteiger partial charge in [-0.25, -0.2) is 0 Å². The van der Waals surface area contributed by atoms with Gasteiger partial charge in [0.25, 0.3) is 0 Å². The second kappa shape index (κ2) is 8.71. The summed E-state index contributed by atoms with van der Waals surface area (Å²) in [5, 5.41) is 3.56. The van der Waals surface area contributed by atoms with Gasteiger partial charge in [-0.2, -0.15) is 0 Å². The highest BCUT2D eigenvalue weighted by atomic mass is 16.5. The Bertz CT molecular complexity index is 789. The third kappa shape index (κ3) is 4.41. The number of ether oxygens (including phenoxy) is 1. The maximum atomic E-state index is 5.91. The first-order chi connectivity index (χ1) is 13.3. The molecule has 0 unspecified atom stereocenters. The van der Waals surface area contributed by atoms with Gasteiger partial charge in [-0.1, -0.05) is 37.5 Å². The molecular formula is C24H30N2O. The maximum absolute atomic E-state index is 5.91. The van der Waals surface area contributed by atoms with Gasteiger partial charge >= 0.3 is 0 Å². The van der Waals surface area contributed by atoms with Crippen LogP contribution in [-0.4, -0.2) is 25.9 Å². The van der Waals surface area contributed by atoms with Crippen molar-refractivity contribution < 1.29 is 4.74 Å². The predicted molar refractivity (Wildman–Crippen MR) is 113 cm³/mol. The lowest BCUT2D eigenvalue weighted by atomic mass is 9.89. The largest absolute Gasteiger partial charge is 0.492 e. The highest BCUT2D eigenvalue weighted by molar-refractivity contribution is 5.81. The third-order valence-corrected chi connectivity index (χ3v) is 5.97. The zero-order valence-corrected chi connectivity index (χ0v) is 16.3. The number of hydrogen-bond donors (Lipinski definition) is 1. The molecule has 1 saturated carbocycles. The summed E-state index contributed by atoms with van der Waals surface area (Å²) in [6.07, 6.45) is 9.98. The summed E-state index contributed by atoms with van der Waals surface area (Å²) in [6.45, 7) is 4.98. The normalized spacial score (nSPS) is 16.5. The van der Waals surface area contributed by atoms with Gasteiger partial charge in [0.05, 0.1) is 5.69 Å². The average molecular weight is 363 g/mol. The number of rotatable bonds is 7. The topological polar surface area (TPSA) is 33.6 Å². The van der Waals surface area contributed by atoms with E-state index in [-0.39, 0.29) is 0 Å². The molecule has 1 fully saturated rings. The minimum absolute atomic E-state index is 0.723. The van der Waals surface area contributed by atoms with E-state index in [0.717, 1.165) is 43.5 Å². The van der Waals surface area contributed by atoms with Gasteiger partial charge in [-0.3, -0.25) is 4.99 Å². The molecule has 2 aromatic carbocycles. The summed E-state index contributed by atoms with van der Waals surface area (Å²) < 4.78 is 5.91. The van der Waals surface area contributed by atoms with Crippen molar-refractivity contribution >= 4 is 11.9 Å². The van der Waals surface area contributed by atoms with E-state index in [1.165, 1.54) is 54.4 Å². The number of benzene rings is 2. The molecule has 3 heteroatoms. The number of aliphatic imine (C=N–C) groups is 1. The molecule has 0 atom stereocenters. The zero-order valence-electron chi connectivity index (χ0n) is 16.3. The summed E-state index contributed by atoms with van der Waals surface area (Å²) in [7, 11) is 0. The van der Waals surface area contributed by atoms with Gasteiger partial charge < -0.3 is 10.1 Å². The van der Waals surface area contributed by atoms with Gasteiger partial charge in [-0.05, 0) is 72.7 Å². The summed E-state index contributed by atoms with van der Waals surface area (Å²) >= 11 is 0. The van der Waals surface area contributed by atoms with Gasteiger partial charge in [-0.15, -0.1) is 0 Å². The molecule has 0 bridgehead atoms. The summed E-state index contributed by atoms with van der Waals surface area (Å²) in [4.78, 5) is 4.44.